The molecule has 2 rings (SSSR count). The molecule has 0 fully saturated rings. The van der Waals surface area contributed by atoms with Crippen LogP contribution in [0.1, 0.15) is 38.1 Å². The highest BCUT2D eigenvalue weighted by Gasteiger charge is 2.18. The number of benzene rings is 1. The van der Waals surface area contributed by atoms with Crippen LogP contribution >= 0.6 is 0 Å². The number of hydrogen-bond acceptors (Lipinski definition) is 6. The quantitative estimate of drug-likeness (QED) is 0.574. The van der Waals surface area contributed by atoms with E-state index in [0.717, 1.165) is 0 Å². The topological polar surface area (TPSA) is 101 Å². The number of H-pyrrole nitrogens is 1. The second-order valence-electron chi connectivity index (χ2n) is 6.37. The number of ketones is 1. The maximum Gasteiger partial charge on any atom is 0.515 e. The zero-order valence-electron chi connectivity index (χ0n) is 14.2. The molecular weight excluding hydrogens is 312 g/mol. The van der Waals surface area contributed by atoms with Crippen molar-refractivity contribution in [2.24, 2.45) is 0 Å². The van der Waals surface area contributed by atoms with Gasteiger partial charge in [-0.05, 0) is 39.8 Å². The predicted octanol–water partition coefficient (Wildman–Crippen LogP) is 2.98. The zero-order chi connectivity index (χ0) is 17.9. The van der Waals surface area contributed by atoms with Gasteiger partial charge in [-0.25, -0.2) is 4.79 Å². The number of aromatic amines is 1. The molecule has 0 aliphatic heterocycles. The highest BCUT2D eigenvalue weighted by molar-refractivity contribution is 6.10. The van der Waals surface area contributed by atoms with Crippen molar-refractivity contribution in [3.63, 3.8) is 0 Å². The molecule has 1 aromatic heterocycles. The summed E-state index contributed by atoms with van der Waals surface area (Å²) in [5, 5.41) is 13.6. The minimum absolute atomic E-state index is 0.0379. The van der Waals surface area contributed by atoms with Crippen molar-refractivity contribution in [2.75, 3.05) is 13.2 Å². The van der Waals surface area contributed by atoms with Gasteiger partial charge in [-0.2, -0.15) is 0 Å². The number of phenolic OH excluding ortho intramolecular Hbond substituents is 1. The van der Waals surface area contributed by atoms with Gasteiger partial charge in [0.1, 0.15) is 5.75 Å². The summed E-state index contributed by atoms with van der Waals surface area (Å²) in [5.74, 6) is -0.0663. The largest absolute Gasteiger partial charge is 0.515 e. The van der Waals surface area contributed by atoms with Crippen molar-refractivity contribution in [1.29, 1.82) is 0 Å². The third-order valence-electron chi connectivity index (χ3n) is 3.28. The molecule has 0 spiro atoms. The molecule has 7 nitrogen and oxygen atoms in total. The van der Waals surface area contributed by atoms with E-state index in [1.807, 2.05) is 20.8 Å². The summed E-state index contributed by atoms with van der Waals surface area (Å²) in [6, 6.07) is 4.47. The van der Waals surface area contributed by atoms with Gasteiger partial charge in [0.05, 0.1) is 18.7 Å². The van der Waals surface area contributed by atoms with Gasteiger partial charge in [-0.15, -0.1) is 0 Å². The summed E-state index contributed by atoms with van der Waals surface area (Å²) >= 11 is 0. The van der Waals surface area contributed by atoms with E-state index in [0.29, 0.717) is 16.5 Å². The number of ether oxygens (including phenoxy) is 2. The Morgan fingerprint density at radius 1 is 1.29 bits per heavy atom. The number of phenols is 1. The minimum Gasteiger partial charge on any atom is -0.506 e. The molecule has 24 heavy (non-hydrogen) atoms. The van der Waals surface area contributed by atoms with E-state index in [2.05, 4.69) is 10.3 Å². The molecule has 0 unspecified atom stereocenters. The molecular formula is C17H22N2O5. The Balaban J connectivity index is 2.31. The number of aromatic nitrogens is 1. The van der Waals surface area contributed by atoms with Gasteiger partial charge in [0.25, 0.3) is 0 Å². The number of carbonyl (C=O) groups excluding carboxylic acids is 2. The van der Waals surface area contributed by atoms with Crippen LogP contribution in [-0.4, -0.2) is 40.7 Å². The summed E-state index contributed by atoms with van der Waals surface area (Å²) in [7, 11) is 0. The Morgan fingerprint density at radius 2 is 2.00 bits per heavy atom. The van der Waals surface area contributed by atoms with Crippen LogP contribution in [0.3, 0.4) is 0 Å². The fourth-order valence-corrected chi connectivity index (χ4v) is 2.16. The fraction of sp³-hybridized carbons (Fsp3) is 0.412. The molecule has 130 valence electrons. The van der Waals surface area contributed by atoms with Crippen molar-refractivity contribution >= 4 is 22.8 Å². The van der Waals surface area contributed by atoms with E-state index in [-0.39, 0.29) is 36.1 Å². The number of hydrogen-bond donors (Lipinski definition) is 3. The van der Waals surface area contributed by atoms with Gasteiger partial charge in [0, 0.05) is 22.6 Å². The average Bonchev–Trinajstić information content (AvgIpc) is 2.89. The standard InChI is InChI=1S/C17H22N2O5/c1-5-23-16(22)24-14-8-11-10(6-7-12(20)15(11)19-14)13(21)9-18-17(2,3)4/h6-8,18-20H,5,9H2,1-4H3. The molecule has 0 saturated heterocycles. The Hall–Kier alpha value is -2.54. The van der Waals surface area contributed by atoms with Gasteiger partial charge in [0.15, 0.2) is 5.78 Å². The first-order valence-corrected chi connectivity index (χ1v) is 7.69. The first kappa shape index (κ1) is 17.8. The zero-order valence-corrected chi connectivity index (χ0v) is 14.2. The van der Waals surface area contributed by atoms with Crippen molar-refractivity contribution in [3.8, 4) is 11.6 Å². The first-order valence-electron chi connectivity index (χ1n) is 7.69. The number of nitrogens with one attached hydrogen (secondary N) is 2. The van der Waals surface area contributed by atoms with Crippen LogP contribution in [0.15, 0.2) is 18.2 Å². The maximum absolute atomic E-state index is 12.5. The summed E-state index contributed by atoms with van der Waals surface area (Å²) < 4.78 is 9.69. The van der Waals surface area contributed by atoms with Gasteiger partial charge in [-0.3, -0.25) is 4.79 Å². The van der Waals surface area contributed by atoms with Crippen LogP contribution < -0.4 is 10.1 Å². The molecule has 1 heterocycles. The number of rotatable bonds is 5. The molecule has 7 heteroatoms. The van der Waals surface area contributed by atoms with E-state index in [1.54, 1.807) is 13.0 Å². The van der Waals surface area contributed by atoms with E-state index in [9.17, 15) is 14.7 Å². The summed E-state index contributed by atoms with van der Waals surface area (Å²) in [6.07, 6.45) is -0.856. The Kier molecular flexibility index (Phi) is 5.14. The van der Waals surface area contributed by atoms with E-state index >= 15 is 0 Å². The van der Waals surface area contributed by atoms with Crippen LogP contribution in [0.25, 0.3) is 10.9 Å². The van der Waals surface area contributed by atoms with E-state index in [4.69, 9.17) is 9.47 Å². The van der Waals surface area contributed by atoms with E-state index in [1.165, 1.54) is 12.1 Å². The minimum atomic E-state index is -0.856. The molecule has 0 aliphatic carbocycles. The molecule has 0 bridgehead atoms. The van der Waals surface area contributed by atoms with Crippen molar-refractivity contribution in [1.82, 2.24) is 10.3 Å². The fourth-order valence-electron chi connectivity index (χ4n) is 2.16. The number of Topliss-reactive ketones (excluding diaryl/α,β-unsaturated/α-hetero) is 1. The SMILES string of the molecule is CCOC(=O)Oc1cc2c(C(=O)CNC(C)(C)C)ccc(O)c2[nH]1. The lowest BCUT2D eigenvalue weighted by molar-refractivity contribution is 0.0982. The van der Waals surface area contributed by atoms with E-state index < -0.39 is 6.16 Å². The van der Waals surface area contributed by atoms with Gasteiger partial charge < -0.3 is 24.9 Å². The molecule has 0 atom stereocenters. The van der Waals surface area contributed by atoms with Crippen LogP contribution in [0.4, 0.5) is 4.79 Å². The Morgan fingerprint density at radius 3 is 2.62 bits per heavy atom. The Bertz CT molecular complexity index is 758. The predicted molar refractivity (Wildman–Crippen MR) is 89.7 cm³/mol. The third kappa shape index (κ3) is 4.26. The molecule has 2 aromatic rings. The average molecular weight is 334 g/mol. The van der Waals surface area contributed by atoms with Crippen LogP contribution in [0, 0.1) is 0 Å². The number of carbonyl (C=O) groups is 2. The van der Waals surface area contributed by atoms with Crippen molar-refractivity contribution < 1.29 is 24.2 Å². The highest BCUT2D eigenvalue weighted by Crippen LogP contribution is 2.31. The van der Waals surface area contributed by atoms with Crippen molar-refractivity contribution in [2.45, 2.75) is 33.2 Å². The first-order chi connectivity index (χ1) is 11.2. The number of aromatic hydroxyl groups is 1. The van der Waals surface area contributed by atoms with Gasteiger partial charge in [-0.1, -0.05) is 0 Å². The second-order valence-corrected chi connectivity index (χ2v) is 6.37. The lowest BCUT2D eigenvalue weighted by Gasteiger charge is -2.19. The molecule has 1 aromatic carbocycles. The molecule has 0 radical (unpaired) electrons. The highest BCUT2D eigenvalue weighted by atomic mass is 16.7. The summed E-state index contributed by atoms with van der Waals surface area (Å²) in [6.45, 7) is 7.91. The smallest absolute Gasteiger partial charge is 0.506 e. The van der Waals surface area contributed by atoms with Crippen molar-refractivity contribution in [3.05, 3.63) is 23.8 Å². The lowest BCUT2D eigenvalue weighted by Crippen LogP contribution is -2.39. The maximum atomic E-state index is 12.5. The number of fused-ring (bicyclic) bond motifs is 1. The summed E-state index contributed by atoms with van der Waals surface area (Å²) in [4.78, 5) is 26.6. The van der Waals surface area contributed by atoms with Gasteiger partial charge >= 0.3 is 6.16 Å². The molecule has 3 N–H and O–H groups in total. The molecule has 0 aliphatic rings. The summed E-state index contributed by atoms with van der Waals surface area (Å²) in [5.41, 5.74) is 0.563. The van der Waals surface area contributed by atoms with Gasteiger partial charge in [0.2, 0.25) is 5.88 Å². The third-order valence-corrected chi connectivity index (χ3v) is 3.28. The lowest BCUT2D eigenvalue weighted by atomic mass is 10.0. The normalized spacial score (nSPS) is 11.5. The Labute approximate surface area is 140 Å². The molecule has 0 saturated carbocycles. The molecule has 0 amide bonds. The monoisotopic (exact) mass is 334 g/mol. The van der Waals surface area contributed by atoms with Crippen LogP contribution in [0.5, 0.6) is 11.6 Å². The van der Waals surface area contributed by atoms with Crippen LogP contribution in [-0.2, 0) is 4.74 Å². The van der Waals surface area contributed by atoms with Crippen LogP contribution in [0.2, 0.25) is 0 Å². The second kappa shape index (κ2) is 6.92.